The van der Waals surface area contributed by atoms with E-state index in [9.17, 15) is 5.26 Å². The van der Waals surface area contributed by atoms with Gasteiger partial charge in [0.15, 0.2) is 0 Å². The van der Waals surface area contributed by atoms with Crippen molar-refractivity contribution in [1.82, 2.24) is 9.13 Å². The summed E-state index contributed by atoms with van der Waals surface area (Å²) < 4.78 is 7.28. The SMILES string of the molecule is N#Cc1cccc(-n2c3ccccc3c3ccccc32)c1-c1cccc(-n2c3ccccc3c3cc4c(cc32)sc2ccccc24)c1. The average molecular weight is 616 g/mol. The first kappa shape index (κ1) is 26.1. The second-order valence-corrected chi connectivity index (χ2v) is 13.1. The molecule has 0 fully saturated rings. The Hall–Kier alpha value is -6.15. The monoisotopic (exact) mass is 615 g/mol. The first-order valence-corrected chi connectivity index (χ1v) is 16.6. The fraction of sp³-hybridized carbons (Fsp3) is 0. The van der Waals surface area contributed by atoms with Crippen molar-refractivity contribution in [2.45, 2.75) is 0 Å². The van der Waals surface area contributed by atoms with Gasteiger partial charge < -0.3 is 9.13 Å². The Morgan fingerprint density at radius 3 is 1.79 bits per heavy atom. The summed E-state index contributed by atoms with van der Waals surface area (Å²) in [6.45, 7) is 0. The Morgan fingerprint density at radius 2 is 1.06 bits per heavy atom. The minimum Gasteiger partial charge on any atom is -0.309 e. The van der Waals surface area contributed by atoms with Gasteiger partial charge in [-0.05, 0) is 66.2 Å². The number of fused-ring (bicyclic) bond motifs is 9. The Bertz CT molecular complexity index is 2880. The Balaban J connectivity index is 1.25. The van der Waals surface area contributed by atoms with Gasteiger partial charge in [-0.25, -0.2) is 0 Å². The standard InChI is InChI=1S/C43H25N3S/c44-26-28-12-10-21-39(46-37-19-6-1-14-30(37)31-15-2-7-20-38(31)46)43(28)27-11-9-13-29(23-27)45-36-18-5-3-16-32(36)34-24-35-33-17-4-8-22-41(33)47-42(35)25-40(34)45/h1-25H. The van der Waals surface area contributed by atoms with E-state index >= 15 is 0 Å². The predicted molar refractivity (Wildman–Crippen MR) is 198 cm³/mol. The van der Waals surface area contributed by atoms with Gasteiger partial charge in [-0.15, -0.1) is 11.3 Å². The molecule has 0 bridgehead atoms. The molecular weight excluding hydrogens is 591 g/mol. The van der Waals surface area contributed by atoms with E-state index in [2.05, 4.69) is 155 Å². The lowest BCUT2D eigenvalue weighted by atomic mass is 9.97. The normalized spacial score (nSPS) is 11.8. The largest absolute Gasteiger partial charge is 0.309 e. The zero-order chi connectivity index (χ0) is 31.1. The van der Waals surface area contributed by atoms with Crippen LogP contribution < -0.4 is 0 Å². The van der Waals surface area contributed by atoms with E-state index in [0.29, 0.717) is 5.56 Å². The second kappa shape index (κ2) is 9.92. The minimum absolute atomic E-state index is 0.649. The zero-order valence-corrected chi connectivity index (χ0v) is 26.0. The summed E-state index contributed by atoms with van der Waals surface area (Å²) >= 11 is 1.85. The molecule has 0 saturated heterocycles. The van der Waals surface area contributed by atoms with Gasteiger partial charge in [0.25, 0.3) is 0 Å². The number of nitriles is 1. The highest BCUT2D eigenvalue weighted by Crippen LogP contribution is 2.42. The Morgan fingerprint density at radius 1 is 0.447 bits per heavy atom. The van der Waals surface area contributed by atoms with E-state index in [1.807, 2.05) is 23.5 Å². The molecule has 47 heavy (non-hydrogen) atoms. The summed E-state index contributed by atoms with van der Waals surface area (Å²) in [6, 6.07) is 56.4. The van der Waals surface area contributed by atoms with E-state index in [1.54, 1.807) is 0 Å². The van der Waals surface area contributed by atoms with Crippen LogP contribution in [0.5, 0.6) is 0 Å². The van der Waals surface area contributed by atoms with Crippen LogP contribution in [0.1, 0.15) is 5.56 Å². The first-order valence-electron chi connectivity index (χ1n) is 15.8. The number of para-hydroxylation sites is 3. The lowest BCUT2D eigenvalue weighted by Crippen LogP contribution is -2.00. The van der Waals surface area contributed by atoms with E-state index < -0.39 is 0 Å². The summed E-state index contributed by atoms with van der Waals surface area (Å²) in [7, 11) is 0. The number of rotatable bonds is 3. The molecule has 0 aliphatic rings. The van der Waals surface area contributed by atoms with Gasteiger partial charge in [0, 0.05) is 53.0 Å². The molecule has 7 aromatic carbocycles. The van der Waals surface area contributed by atoms with Crippen LogP contribution in [0, 0.1) is 11.3 Å². The molecule has 3 aromatic heterocycles. The smallest absolute Gasteiger partial charge is 0.0998 e. The van der Waals surface area contributed by atoms with Crippen LogP contribution in [0.3, 0.4) is 0 Å². The van der Waals surface area contributed by atoms with Crippen LogP contribution in [0.15, 0.2) is 152 Å². The van der Waals surface area contributed by atoms with E-state index in [4.69, 9.17) is 0 Å². The minimum atomic E-state index is 0.649. The molecule has 0 N–H and O–H groups in total. The predicted octanol–water partition coefficient (Wildman–Crippen LogP) is 11.8. The van der Waals surface area contributed by atoms with Crippen molar-refractivity contribution in [3.05, 3.63) is 157 Å². The van der Waals surface area contributed by atoms with Crippen LogP contribution >= 0.6 is 11.3 Å². The highest BCUT2D eigenvalue weighted by Gasteiger charge is 2.20. The lowest BCUT2D eigenvalue weighted by molar-refractivity contribution is 1.17. The summed E-state index contributed by atoms with van der Waals surface area (Å²) in [4.78, 5) is 0. The molecule has 218 valence electrons. The third-order valence-corrected chi connectivity index (χ3v) is 10.7. The van der Waals surface area contributed by atoms with Crippen LogP contribution in [-0.2, 0) is 0 Å². The van der Waals surface area contributed by atoms with Crippen molar-refractivity contribution in [1.29, 1.82) is 5.26 Å². The molecule has 0 aliphatic heterocycles. The number of hydrogen-bond acceptors (Lipinski definition) is 2. The van der Waals surface area contributed by atoms with Crippen molar-refractivity contribution >= 4 is 75.1 Å². The molecule has 0 unspecified atom stereocenters. The molecule has 0 atom stereocenters. The third-order valence-electron chi connectivity index (χ3n) is 9.55. The molecule has 10 rings (SSSR count). The maximum Gasteiger partial charge on any atom is 0.0998 e. The molecule has 3 heterocycles. The average Bonchev–Trinajstić information content (AvgIpc) is 3.77. The quantitative estimate of drug-likeness (QED) is 0.195. The maximum absolute atomic E-state index is 10.5. The molecule has 10 aromatic rings. The van der Waals surface area contributed by atoms with Crippen LogP contribution in [0.2, 0.25) is 0 Å². The van der Waals surface area contributed by atoms with Gasteiger partial charge in [-0.2, -0.15) is 5.26 Å². The van der Waals surface area contributed by atoms with Gasteiger partial charge in [0.1, 0.15) is 0 Å². The maximum atomic E-state index is 10.5. The molecule has 0 radical (unpaired) electrons. The summed E-state index contributed by atoms with van der Waals surface area (Å²) in [5.41, 5.74) is 9.23. The lowest BCUT2D eigenvalue weighted by Gasteiger charge is -2.17. The number of benzene rings is 7. The van der Waals surface area contributed by atoms with Crippen molar-refractivity contribution in [3.63, 3.8) is 0 Å². The number of thiophene rings is 1. The molecule has 3 nitrogen and oxygen atoms in total. The zero-order valence-electron chi connectivity index (χ0n) is 25.2. The van der Waals surface area contributed by atoms with Crippen molar-refractivity contribution in [2.75, 3.05) is 0 Å². The molecule has 0 aliphatic carbocycles. The van der Waals surface area contributed by atoms with Gasteiger partial charge in [0.05, 0.1) is 39.4 Å². The highest BCUT2D eigenvalue weighted by atomic mass is 32.1. The summed E-state index contributed by atoms with van der Waals surface area (Å²) in [6.07, 6.45) is 0. The van der Waals surface area contributed by atoms with Crippen LogP contribution in [0.4, 0.5) is 0 Å². The third kappa shape index (κ3) is 3.72. The van der Waals surface area contributed by atoms with Crippen molar-refractivity contribution in [3.8, 4) is 28.6 Å². The van der Waals surface area contributed by atoms with Crippen LogP contribution in [-0.4, -0.2) is 9.13 Å². The molecule has 0 amide bonds. The van der Waals surface area contributed by atoms with Crippen molar-refractivity contribution < 1.29 is 0 Å². The molecule has 0 saturated carbocycles. The van der Waals surface area contributed by atoms with Gasteiger partial charge in [-0.1, -0.05) is 91.0 Å². The Labute approximate surface area is 274 Å². The molecule has 4 heteroatoms. The van der Waals surface area contributed by atoms with Gasteiger partial charge in [0.2, 0.25) is 0 Å². The summed E-state index contributed by atoms with van der Waals surface area (Å²) in [5.74, 6) is 0. The molecular formula is C43H25N3S. The van der Waals surface area contributed by atoms with E-state index in [0.717, 1.165) is 39.1 Å². The topological polar surface area (TPSA) is 33.6 Å². The molecule has 0 spiro atoms. The number of hydrogen-bond donors (Lipinski definition) is 0. The van der Waals surface area contributed by atoms with Gasteiger partial charge >= 0.3 is 0 Å². The Kier molecular flexibility index (Phi) is 5.51. The van der Waals surface area contributed by atoms with Crippen molar-refractivity contribution in [2.24, 2.45) is 0 Å². The first-order chi connectivity index (χ1) is 23.3. The second-order valence-electron chi connectivity index (χ2n) is 12.0. The van der Waals surface area contributed by atoms with E-state index in [-0.39, 0.29) is 0 Å². The number of nitrogens with zero attached hydrogens (tertiary/aromatic N) is 3. The van der Waals surface area contributed by atoms with Crippen LogP contribution in [0.25, 0.3) is 86.3 Å². The van der Waals surface area contributed by atoms with Gasteiger partial charge in [-0.3, -0.25) is 0 Å². The summed E-state index contributed by atoms with van der Waals surface area (Å²) in [5, 5.41) is 17.9. The fourth-order valence-electron chi connectivity index (χ4n) is 7.57. The number of aromatic nitrogens is 2. The fourth-order valence-corrected chi connectivity index (χ4v) is 8.69. The van der Waals surface area contributed by atoms with E-state index in [1.165, 1.54) is 47.2 Å². The highest BCUT2D eigenvalue weighted by molar-refractivity contribution is 7.25.